The molecule has 0 aliphatic rings. The minimum Gasteiger partial charge on any atom is -0.288 e. The molecule has 0 atom stereocenters. The van der Waals surface area contributed by atoms with Crippen molar-refractivity contribution in [3.8, 4) is 11.3 Å². The minimum atomic E-state index is -0.309. The first kappa shape index (κ1) is 15.9. The van der Waals surface area contributed by atoms with Crippen molar-refractivity contribution in [3.05, 3.63) is 65.7 Å². The van der Waals surface area contributed by atoms with E-state index in [1.165, 1.54) is 5.56 Å². The third-order valence-corrected chi connectivity index (χ3v) is 4.19. The summed E-state index contributed by atoms with van der Waals surface area (Å²) in [7, 11) is 0. The topological polar surface area (TPSA) is 96.5 Å². The molecule has 0 fully saturated rings. The highest BCUT2D eigenvalue weighted by atomic mass is 16.1. The number of para-hydroxylation sites is 1. The molecule has 0 aliphatic heterocycles. The summed E-state index contributed by atoms with van der Waals surface area (Å²) in [4.78, 5) is 17.5. The van der Waals surface area contributed by atoms with Crippen molar-refractivity contribution in [2.75, 3.05) is 5.32 Å². The average Bonchev–Trinajstić information content (AvgIpc) is 3.20. The van der Waals surface area contributed by atoms with Gasteiger partial charge in [-0.1, -0.05) is 54.5 Å². The zero-order chi connectivity index (χ0) is 17.9. The molecule has 0 spiro atoms. The molecule has 7 heteroatoms. The van der Waals surface area contributed by atoms with Crippen LogP contribution in [0.1, 0.15) is 22.8 Å². The van der Waals surface area contributed by atoms with Crippen LogP contribution in [-0.4, -0.2) is 31.5 Å². The molecule has 0 aliphatic carbocycles. The standard InChI is InChI=1S/C19H16N6O/c1-2-12-7-9-13(10-8-12)17-11-15(14-5-3-4-6-16(14)20-17)18(26)21-19-22-24-25-23-19/h3-11H,2H2,1H3,(H2,21,22,23,24,25,26). The Hall–Kier alpha value is -3.61. The van der Waals surface area contributed by atoms with Gasteiger partial charge >= 0.3 is 0 Å². The SMILES string of the molecule is CCc1ccc(-c2cc(C(=O)Nc3nn[nH]n3)c3ccccc3n2)cc1. The second-order valence-corrected chi connectivity index (χ2v) is 5.81. The number of amides is 1. The Bertz CT molecular complexity index is 1060. The molecular formula is C19H16N6O. The van der Waals surface area contributed by atoms with E-state index in [2.05, 4.69) is 45.0 Å². The lowest BCUT2D eigenvalue weighted by Crippen LogP contribution is -2.14. The lowest BCUT2D eigenvalue weighted by atomic mass is 10.0. The number of carbonyl (C=O) groups is 1. The Labute approximate surface area is 149 Å². The fraction of sp³-hybridized carbons (Fsp3) is 0.105. The largest absolute Gasteiger partial charge is 0.288 e. The van der Waals surface area contributed by atoms with Crippen LogP contribution in [0, 0.1) is 0 Å². The Kier molecular flexibility index (Phi) is 4.10. The third kappa shape index (κ3) is 3.02. The van der Waals surface area contributed by atoms with Crippen LogP contribution >= 0.6 is 0 Å². The second kappa shape index (κ2) is 6.72. The molecule has 7 nitrogen and oxygen atoms in total. The summed E-state index contributed by atoms with van der Waals surface area (Å²) in [6.07, 6.45) is 0.976. The molecule has 4 rings (SSSR count). The highest BCUT2D eigenvalue weighted by molar-refractivity contribution is 6.12. The van der Waals surface area contributed by atoms with Gasteiger partial charge in [-0.2, -0.15) is 5.21 Å². The number of benzene rings is 2. The van der Waals surface area contributed by atoms with Crippen LogP contribution in [0.3, 0.4) is 0 Å². The number of nitrogens with one attached hydrogen (secondary N) is 2. The maximum Gasteiger partial charge on any atom is 0.270 e. The Morgan fingerprint density at radius 1 is 1.12 bits per heavy atom. The highest BCUT2D eigenvalue weighted by Gasteiger charge is 2.15. The van der Waals surface area contributed by atoms with Crippen LogP contribution < -0.4 is 5.32 Å². The molecule has 128 valence electrons. The second-order valence-electron chi connectivity index (χ2n) is 5.81. The van der Waals surface area contributed by atoms with Crippen LogP contribution in [0.4, 0.5) is 5.95 Å². The summed E-state index contributed by atoms with van der Waals surface area (Å²) >= 11 is 0. The number of nitrogens with zero attached hydrogens (tertiary/aromatic N) is 4. The van der Waals surface area contributed by atoms with Gasteiger partial charge in [-0.05, 0) is 29.3 Å². The number of H-pyrrole nitrogens is 1. The summed E-state index contributed by atoms with van der Waals surface area (Å²) in [5.74, 6) is -0.179. The van der Waals surface area contributed by atoms with Gasteiger partial charge in [-0.15, -0.1) is 5.10 Å². The van der Waals surface area contributed by atoms with Gasteiger partial charge in [0.2, 0.25) is 0 Å². The van der Waals surface area contributed by atoms with Crippen LogP contribution in [0.25, 0.3) is 22.2 Å². The lowest BCUT2D eigenvalue weighted by molar-refractivity contribution is 0.102. The number of rotatable bonds is 4. The quantitative estimate of drug-likeness (QED) is 0.592. The molecule has 1 amide bonds. The number of carbonyl (C=O) groups excluding carboxylic acids is 1. The van der Waals surface area contributed by atoms with Crippen molar-refractivity contribution in [2.24, 2.45) is 0 Å². The number of fused-ring (bicyclic) bond motifs is 1. The lowest BCUT2D eigenvalue weighted by Gasteiger charge is -2.09. The van der Waals surface area contributed by atoms with Crippen molar-refractivity contribution in [2.45, 2.75) is 13.3 Å². The molecular weight excluding hydrogens is 328 g/mol. The molecule has 0 unspecified atom stereocenters. The smallest absolute Gasteiger partial charge is 0.270 e. The van der Waals surface area contributed by atoms with Gasteiger partial charge in [0.1, 0.15) is 0 Å². The van der Waals surface area contributed by atoms with E-state index in [9.17, 15) is 4.79 Å². The summed E-state index contributed by atoms with van der Waals surface area (Å²) < 4.78 is 0. The van der Waals surface area contributed by atoms with E-state index in [4.69, 9.17) is 4.98 Å². The summed E-state index contributed by atoms with van der Waals surface area (Å²) in [5, 5.41) is 16.7. The van der Waals surface area contributed by atoms with Crippen molar-refractivity contribution in [1.29, 1.82) is 0 Å². The van der Waals surface area contributed by atoms with Crippen molar-refractivity contribution in [3.63, 3.8) is 0 Å². The predicted molar refractivity (Wildman–Crippen MR) is 98.7 cm³/mol. The van der Waals surface area contributed by atoms with E-state index in [1.807, 2.05) is 36.4 Å². The number of aromatic amines is 1. The van der Waals surface area contributed by atoms with Gasteiger partial charge in [-0.3, -0.25) is 10.1 Å². The molecule has 2 N–H and O–H groups in total. The zero-order valence-electron chi connectivity index (χ0n) is 14.1. The Morgan fingerprint density at radius 2 is 1.92 bits per heavy atom. The number of hydrogen-bond donors (Lipinski definition) is 2. The fourth-order valence-corrected chi connectivity index (χ4v) is 2.81. The van der Waals surface area contributed by atoms with Gasteiger partial charge in [0.25, 0.3) is 11.9 Å². The van der Waals surface area contributed by atoms with Gasteiger partial charge in [0, 0.05) is 10.9 Å². The van der Waals surface area contributed by atoms with E-state index in [1.54, 1.807) is 6.07 Å². The number of hydrogen-bond acceptors (Lipinski definition) is 5. The van der Waals surface area contributed by atoms with Crippen LogP contribution in [0.15, 0.2) is 54.6 Å². The first-order valence-corrected chi connectivity index (χ1v) is 8.28. The molecule has 26 heavy (non-hydrogen) atoms. The molecule has 4 aromatic rings. The number of pyridine rings is 1. The molecule has 0 bridgehead atoms. The summed E-state index contributed by atoms with van der Waals surface area (Å²) in [5.41, 5.74) is 4.22. The Balaban J connectivity index is 1.81. The van der Waals surface area contributed by atoms with E-state index < -0.39 is 0 Å². The zero-order valence-corrected chi connectivity index (χ0v) is 14.1. The summed E-state index contributed by atoms with van der Waals surface area (Å²) in [6.45, 7) is 2.11. The first-order valence-electron chi connectivity index (χ1n) is 8.28. The normalized spacial score (nSPS) is 10.8. The molecule has 2 heterocycles. The molecule has 0 radical (unpaired) electrons. The van der Waals surface area contributed by atoms with Gasteiger partial charge in [-0.25, -0.2) is 4.98 Å². The van der Waals surface area contributed by atoms with Crippen LogP contribution in [-0.2, 0) is 6.42 Å². The first-order chi connectivity index (χ1) is 12.7. The van der Waals surface area contributed by atoms with Crippen molar-refractivity contribution >= 4 is 22.8 Å². The molecule has 0 saturated carbocycles. The van der Waals surface area contributed by atoms with Crippen molar-refractivity contribution < 1.29 is 4.79 Å². The van der Waals surface area contributed by atoms with Gasteiger partial charge in [0.05, 0.1) is 16.8 Å². The predicted octanol–water partition coefficient (Wildman–Crippen LogP) is 3.23. The maximum absolute atomic E-state index is 12.7. The van der Waals surface area contributed by atoms with Crippen LogP contribution in [0.5, 0.6) is 0 Å². The third-order valence-electron chi connectivity index (χ3n) is 4.19. The van der Waals surface area contributed by atoms with Gasteiger partial charge < -0.3 is 0 Å². The molecule has 0 saturated heterocycles. The Morgan fingerprint density at radius 3 is 2.65 bits per heavy atom. The number of tetrazole rings is 1. The number of aromatic nitrogens is 5. The molecule has 2 aromatic carbocycles. The van der Waals surface area contributed by atoms with E-state index >= 15 is 0 Å². The molecule has 2 aromatic heterocycles. The number of aryl methyl sites for hydroxylation is 1. The van der Waals surface area contributed by atoms with E-state index in [0.29, 0.717) is 5.56 Å². The summed E-state index contributed by atoms with van der Waals surface area (Å²) in [6, 6.07) is 17.5. The maximum atomic E-state index is 12.7. The number of anilines is 1. The van der Waals surface area contributed by atoms with Crippen LogP contribution in [0.2, 0.25) is 0 Å². The minimum absolute atomic E-state index is 0.129. The van der Waals surface area contributed by atoms with Gasteiger partial charge in [0.15, 0.2) is 0 Å². The van der Waals surface area contributed by atoms with Crippen molar-refractivity contribution in [1.82, 2.24) is 25.6 Å². The van der Waals surface area contributed by atoms with E-state index in [0.717, 1.165) is 28.6 Å². The highest BCUT2D eigenvalue weighted by Crippen LogP contribution is 2.25. The van der Waals surface area contributed by atoms with E-state index in [-0.39, 0.29) is 11.9 Å². The average molecular weight is 344 g/mol. The fourth-order valence-electron chi connectivity index (χ4n) is 2.81. The monoisotopic (exact) mass is 344 g/mol.